The van der Waals surface area contributed by atoms with Gasteiger partial charge in [-0.3, -0.25) is 9.69 Å². The number of likely N-dealkylation sites (tertiary alicyclic amines) is 1. The third-order valence-electron chi connectivity index (χ3n) is 3.77. The van der Waals surface area contributed by atoms with E-state index >= 15 is 0 Å². The standard InChI is InChI=1S/C16H21N3O/c1-13(11-17)16(20)18-15-7-9-19(10-8-15)12-14-5-3-2-4-6-14/h2-6,13,15H,7-10,12H2,1H3,(H,18,20). The molecule has 0 bridgehead atoms. The Labute approximate surface area is 120 Å². The molecule has 0 saturated carbocycles. The number of piperidine rings is 1. The zero-order valence-corrected chi connectivity index (χ0v) is 11.9. The molecule has 1 fully saturated rings. The Bertz CT molecular complexity index is 472. The molecular weight excluding hydrogens is 250 g/mol. The number of nitriles is 1. The molecule has 1 saturated heterocycles. The van der Waals surface area contributed by atoms with Crippen molar-refractivity contribution in [2.24, 2.45) is 5.92 Å². The first-order chi connectivity index (χ1) is 9.69. The molecule has 4 nitrogen and oxygen atoms in total. The molecule has 106 valence electrons. The predicted molar refractivity (Wildman–Crippen MR) is 77.7 cm³/mol. The zero-order valence-electron chi connectivity index (χ0n) is 11.9. The fourth-order valence-corrected chi connectivity index (χ4v) is 2.46. The van der Waals surface area contributed by atoms with E-state index in [1.54, 1.807) is 6.92 Å². The summed E-state index contributed by atoms with van der Waals surface area (Å²) in [7, 11) is 0. The molecule has 1 aliphatic rings. The van der Waals surface area contributed by atoms with Gasteiger partial charge in [0.05, 0.1) is 6.07 Å². The molecule has 0 aromatic heterocycles. The fraction of sp³-hybridized carbons (Fsp3) is 0.500. The monoisotopic (exact) mass is 271 g/mol. The van der Waals surface area contributed by atoms with Gasteiger partial charge < -0.3 is 5.32 Å². The Kier molecular flexibility index (Phi) is 5.14. The van der Waals surface area contributed by atoms with Crippen LogP contribution in [-0.4, -0.2) is 29.9 Å². The van der Waals surface area contributed by atoms with Crippen LogP contribution in [0.2, 0.25) is 0 Å². The first kappa shape index (κ1) is 14.5. The average molecular weight is 271 g/mol. The van der Waals surface area contributed by atoms with Gasteiger partial charge in [0.25, 0.3) is 0 Å². The predicted octanol–water partition coefficient (Wildman–Crippen LogP) is 1.93. The highest BCUT2D eigenvalue weighted by atomic mass is 16.1. The van der Waals surface area contributed by atoms with E-state index in [1.165, 1.54) is 5.56 Å². The molecule has 0 aliphatic carbocycles. The average Bonchev–Trinajstić information content (AvgIpc) is 2.49. The third-order valence-corrected chi connectivity index (χ3v) is 3.77. The van der Waals surface area contributed by atoms with Gasteiger partial charge in [-0.25, -0.2) is 0 Å². The highest BCUT2D eigenvalue weighted by Gasteiger charge is 2.22. The van der Waals surface area contributed by atoms with E-state index in [0.717, 1.165) is 32.5 Å². The van der Waals surface area contributed by atoms with Gasteiger partial charge in [-0.1, -0.05) is 30.3 Å². The molecular formula is C16H21N3O. The van der Waals surface area contributed by atoms with Crippen molar-refractivity contribution in [2.45, 2.75) is 32.4 Å². The molecule has 0 spiro atoms. The van der Waals surface area contributed by atoms with Crippen LogP contribution in [0, 0.1) is 17.2 Å². The van der Waals surface area contributed by atoms with E-state index in [2.05, 4.69) is 34.5 Å². The van der Waals surface area contributed by atoms with Crippen LogP contribution in [0.5, 0.6) is 0 Å². The number of nitrogens with zero attached hydrogens (tertiary/aromatic N) is 2. The van der Waals surface area contributed by atoms with Crippen LogP contribution >= 0.6 is 0 Å². The Balaban J connectivity index is 1.75. The second-order valence-corrected chi connectivity index (χ2v) is 5.40. The normalized spacial score (nSPS) is 18.2. The van der Waals surface area contributed by atoms with Crippen LogP contribution in [0.4, 0.5) is 0 Å². The minimum absolute atomic E-state index is 0.144. The molecule has 1 aromatic rings. The van der Waals surface area contributed by atoms with Gasteiger partial charge >= 0.3 is 0 Å². The van der Waals surface area contributed by atoms with E-state index in [0.29, 0.717) is 0 Å². The third kappa shape index (κ3) is 4.07. The van der Waals surface area contributed by atoms with Gasteiger partial charge in [0.2, 0.25) is 5.91 Å². The van der Waals surface area contributed by atoms with Crippen LogP contribution < -0.4 is 5.32 Å². The Morgan fingerprint density at radius 2 is 2.05 bits per heavy atom. The van der Waals surface area contributed by atoms with Crippen LogP contribution in [0.3, 0.4) is 0 Å². The summed E-state index contributed by atoms with van der Waals surface area (Å²) in [5.41, 5.74) is 1.33. The summed E-state index contributed by atoms with van der Waals surface area (Å²) in [5, 5.41) is 11.7. The quantitative estimate of drug-likeness (QED) is 0.910. The van der Waals surface area contributed by atoms with Crippen LogP contribution in [-0.2, 0) is 11.3 Å². The number of nitrogens with one attached hydrogen (secondary N) is 1. The van der Waals surface area contributed by atoms with Crippen molar-refractivity contribution in [3.63, 3.8) is 0 Å². The molecule has 0 radical (unpaired) electrons. The van der Waals surface area contributed by atoms with E-state index in [-0.39, 0.29) is 11.9 Å². The van der Waals surface area contributed by atoms with E-state index in [1.807, 2.05) is 12.1 Å². The van der Waals surface area contributed by atoms with Crippen molar-refractivity contribution in [1.29, 1.82) is 5.26 Å². The smallest absolute Gasteiger partial charge is 0.237 e. The SMILES string of the molecule is CC(C#N)C(=O)NC1CCN(Cc2ccccc2)CC1. The molecule has 1 aromatic carbocycles. The Morgan fingerprint density at radius 3 is 2.65 bits per heavy atom. The van der Waals surface area contributed by atoms with Crippen molar-refractivity contribution in [3.05, 3.63) is 35.9 Å². The molecule has 2 rings (SSSR count). The van der Waals surface area contributed by atoms with Crippen LogP contribution in [0.15, 0.2) is 30.3 Å². The largest absolute Gasteiger partial charge is 0.352 e. The van der Waals surface area contributed by atoms with Crippen molar-refractivity contribution in [1.82, 2.24) is 10.2 Å². The summed E-state index contributed by atoms with van der Waals surface area (Å²) in [4.78, 5) is 14.1. The summed E-state index contributed by atoms with van der Waals surface area (Å²) in [6, 6.07) is 12.6. The van der Waals surface area contributed by atoms with Crippen molar-refractivity contribution < 1.29 is 4.79 Å². The molecule has 20 heavy (non-hydrogen) atoms. The minimum atomic E-state index is -0.558. The lowest BCUT2D eigenvalue weighted by Gasteiger charge is -2.32. The van der Waals surface area contributed by atoms with Crippen molar-refractivity contribution in [2.75, 3.05) is 13.1 Å². The molecule has 1 unspecified atom stereocenters. The minimum Gasteiger partial charge on any atom is -0.352 e. The second kappa shape index (κ2) is 7.06. The maximum atomic E-state index is 11.7. The first-order valence-corrected chi connectivity index (χ1v) is 7.15. The zero-order chi connectivity index (χ0) is 14.4. The fourth-order valence-electron chi connectivity index (χ4n) is 2.46. The maximum Gasteiger partial charge on any atom is 0.237 e. The second-order valence-electron chi connectivity index (χ2n) is 5.40. The summed E-state index contributed by atoms with van der Waals surface area (Å²) in [6.45, 7) is 4.58. The number of hydrogen-bond acceptors (Lipinski definition) is 3. The number of amides is 1. The van der Waals surface area contributed by atoms with Gasteiger partial charge in [0.1, 0.15) is 5.92 Å². The summed E-state index contributed by atoms with van der Waals surface area (Å²) < 4.78 is 0. The lowest BCUT2D eigenvalue weighted by atomic mass is 10.0. The Morgan fingerprint density at radius 1 is 1.40 bits per heavy atom. The Hall–Kier alpha value is -1.86. The summed E-state index contributed by atoms with van der Waals surface area (Å²) >= 11 is 0. The van der Waals surface area contributed by atoms with E-state index < -0.39 is 5.92 Å². The summed E-state index contributed by atoms with van der Waals surface area (Å²) in [5.74, 6) is -0.702. The van der Waals surface area contributed by atoms with Crippen molar-refractivity contribution >= 4 is 5.91 Å². The van der Waals surface area contributed by atoms with Gasteiger partial charge in [-0.2, -0.15) is 5.26 Å². The first-order valence-electron chi connectivity index (χ1n) is 7.15. The van der Waals surface area contributed by atoms with Gasteiger partial charge in [-0.15, -0.1) is 0 Å². The highest BCUT2D eigenvalue weighted by Crippen LogP contribution is 2.14. The molecule has 1 aliphatic heterocycles. The highest BCUT2D eigenvalue weighted by molar-refractivity contribution is 5.80. The lowest BCUT2D eigenvalue weighted by molar-refractivity contribution is -0.124. The molecule has 4 heteroatoms. The lowest BCUT2D eigenvalue weighted by Crippen LogP contribution is -2.45. The molecule has 1 N–H and O–H groups in total. The maximum absolute atomic E-state index is 11.7. The van der Waals surface area contributed by atoms with Gasteiger partial charge in [-0.05, 0) is 25.3 Å². The topological polar surface area (TPSA) is 56.1 Å². The van der Waals surface area contributed by atoms with Crippen LogP contribution in [0.25, 0.3) is 0 Å². The number of benzene rings is 1. The molecule has 1 heterocycles. The van der Waals surface area contributed by atoms with Crippen LogP contribution in [0.1, 0.15) is 25.3 Å². The molecule has 1 amide bonds. The van der Waals surface area contributed by atoms with Gasteiger partial charge in [0, 0.05) is 25.7 Å². The van der Waals surface area contributed by atoms with E-state index in [9.17, 15) is 4.79 Å². The number of rotatable bonds is 4. The number of carbonyl (C=O) groups is 1. The van der Waals surface area contributed by atoms with E-state index in [4.69, 9.17) is 5.26 Å². The number of hydrogen-bond donors (Lipinski definition) is 1. The molecule has 1 atom stereocenters. The van der Waals surface area contributed by atoms with Gasteiger partial charge in [0.15, 0.2) is 0 Å². The summed E-state index contributed by atoms with van der Waals surface area (Å²) in [6.07, 6.45) is 1.91. The van der Waals surface area contributed by atoms with Crippen molar-refractivity contribution in [3.8, 4) is 6.07 Å². The number of carbonyl (C=O) groups excluding carboxylic acids is 1.